The second-order valence-corrected chi connectivity index (χ2v) is 9.31. The molecule has 7 nitrogen and oxygen atoms in total. The average Bonchev–Trinajstić information content (AvgIpc) is 3.48. The van der Waals surface area contributed by atoms with Gasteiger partial charge in [-0.15, -0.1) is 0 Å². The van der Waals surface area contributed by atoms with E-state index >= 15 is 0 Å². The summed E-state index contributed by atoms with van der Waals surface area (Å²) in [5, 5.41) is 6.65. The van der Waals surface area contributed by atoms with Crippen molar-refractivity contribution in [1.82, 2.24) is 15.5 Å². The second-order valence-electron chi connectivity index (χ2n) is 8.90. The molecule has 3 fully saturated rings. The first-order valence-corrected chi connectivity index (χ1v) is 11.1. The molecule has 3 aliphatic rings. The van der Waals surface area contributed by atoms with Gasteiger partial charge in [-0.05, 0) is 44.2 Å². The number of nitrogens with two attached hydrogens (primary N) is 1. The van der Waals surface area contributed by atoms with Crippen molar-refractivity contribution in [2.45, 2.75) is 56.6 Å². The van der Waals surface area contributed by atoms with Crippen LogP contribution in [0.5, 0.6) is 0 Å². The minimum atomic E-state index is -1.71. The summed E-state index contributed by atoms with van der Waals surface area (Å²) in [6.07, 6.45) is 1.24. The van der Waals surface area contributed by atoms with Crippen LogP contribution in [0.3, 0.4) is 0 Å². The summed E-state index contributed by atoms with van der Waals surface area (Å²) >= 11 is 6.29. The van der Waals surface area contributed by atoms with Gasteiger partial charge < -0.3 is 11.1 Å². The van der Waals surface area contributed by atoms with Gasteiger partial charge in [0.2, 0.25) is 0 Å². The minimum absolute atomic E-state index is 0.147. The Kier molecular flexibility index (Phi) is 6.12. The van der Waals surface area contributed by atoms with Crippen molar-refractivity contribution in [2.75, 3.05) is 26.2 Å². The molecule has 2 heterocycles. The Hall–Kier alpha value is -1.61. The number of nitroso groups, excluding NO2 is 1. The molecule has 0 spiro atoms. The molecule has 164 valence electrons. The molecule has 2 aliphatic heterocycles. The molecule has 0 aromatic heterocycles. The number of hydrogen-bond acceptors (Lipinski definition) is 5. The first-order valence-electron chi connectivity index (χ1n) is 10.7. The van der Waals surface area contributed by atoms with Crippen molar-refractivity contribution in [1.29, 1.82) is 0 Å². The summed E-state index contributed by atoms with van der Waals surface area (Å²) in [5.74, 6) is -0.730. The highest BCUT2D eigenvalue weighted by atomic mass is 35.5. The third-order valence-electron chi connectivity index (χ3n) is 6.59. The van der Waals surface area contributed by atoms with Crippen molar-refractivity contribution in [3.8, 4) is 0 Å². The van der Waals surface area contributed by atoms with Crippen LogP contribution in [0.1, 0.15) is 43.0 Å². The van der Waals surface area contributed by atoms with Crippen molar-refractivity contribution in [3.63, 3.8) is 0 Å². The van der Waals surface area contributed by atoms with E-state index in [1.165, 1.54) is 0 Å². The molecule has 0 radical (unpaired) electrons. The van der Waals surface area contributed by atoms with Gasteiger partial charge >= 0.3 is 0 Å². The Morgan fingerprint density at radius 2 is 2.10 bits per heavy atom. The number of nitrogens with zero attached hydrogens (tertiary/aromatic N) is 2. The lowest BCUT2D eigenvalue weighted by Crippen LogP contribution is -2.62. The highest BCUT2D eigenvalue weighted by molar-refractivity contribution is 6.31. The predicted octanol–water partition coefficient (Wildman–Crippen LogP) is 2.01. The van der Waals surface area contributed by atoms with Crippen molar-refractivity contribution in [3.05, 3.63) is 39.3 Å². The lowest BCUT2D eigenvalue weighted by atomic mass is 9.96. The minimum Gasteiger partial charge on any atom is -0.353 e. The highest BCUT2D eigenvalue weighted by Crippen LogP contribution is 2.40. The summed E-state index contributed by atoms with van der Waals surface area (Å²) in [6, 6.07) is 5.79. The van der Waals surface area contributed by atoms with Crippen LogP contribution in [0.15, 0.2) is 18.2 Å². The van der Waals surface area contributed by atoms with Crippen LogP contribution in [0.2, 0.25) is 5.02 Å². The van der Waals surface area contributed by atoms with Gasteiger partial charge in [0.05, 0.1) is 5.92 Å². The number of aryl methyl sites for hydroxylation is 1. The lowest BCUT2D eigenvalue weighted by Gasteiger charge is -2.39. The number of alkyl halides is 1. The summed E-state index contributed by atoms with van der Waals surface area (Å²) in [5.41, 5.74) is 6.10. The zero-order chi connectivity index (χ0) is 21.5. The van der Waals surface area contributed by atoms with E-state index in [1.807, 2.05) is 25.1 Å². The molecule has 4 rings (SSSR count). The van der Waals surface area contributed by atoms with Gasteiger partial charge in [0, 0.05) is 52.5 Å². The van der Waals surface area contributed by atoms with Gasteiger partial charge in [0.15, 0.2) is 5.67 Å². The monoisotopic (exact) mass is 438 g/mol. The molecule has 3 unspecified atom stereocenters. The van der Waals surface area contributed by atoms with Crippen molar-refractivity contribution >= 4 is 17.5 Å². The van der Waals surface area contributed by atoms with Crippen LogP contribution in [0, 0.1) is 17.7 Å². The van der Waals surface area contributed by atoms with E-state index in [0.29, 0.717) is 11.6 Å². The summed E-state index contributed by atoms with van der Waals surface area (Å²) < 4.78 is 15.1. The van der Waals surface area contributed by atoms with Gasteiger partial charge in [-0.1, -0.05) is 23.7 Å². The van der Waals surface area contributed by atoms with Crippen LogP contribution in [-0.4, -0.2) is 59.6 Å². The maximum absolute atomic E-state index is 14.0. The number of rotatable bonds is 5. The number of nitrogens with one attached hydrogen (secondary N) is 2. The fourth-order valence-corrected chi connectivity index (χ4v) is 4.59. The Balaban J connectivity index is 1.52. The Labute approximate surface area is 181 Å². The summed E-state index contributed by atoms with van der Waals surface area (Å²) in [6.45, 7) is 4.16. The Morgan fingerprint density at radius 1 is 1.40 bits per heavy atom. The molecule has 2 saturated heterocycles. The number of hydrogen-bond donors (Lipinski definition) is 3. The van der Waals surface area contributed by atoms with Gasteiger partial charge in [-0.2, -0.15) is 0 Å². The molecule has 30 heavy (non-hydrogen) atoms. The van der Waals surface area contributed by atoms with E-state index in [2.05, 4.69) is 15.5 Å². The zero-order valence-corrected chi connectivity index (χ0v) is 18.0. The number of likely N-dealkylation sites (tertiary alicyclic amines) is 1. The molecule has 4 N–H and O–H groups in total. The molecule has 1 amide bonds. The lowest BCUT2D eigenvalue weighted by molar-refractivity contribution is -0.670. The van der Waals surface area contributed by atoms with E-state index in [4.69, 9.17) is 17.3 Å². The molecule has 3 atom stereocenters. The van der Waals surface area contributed by atoms with E-state index in [9.17, 15) is 14.1 Å². The molecule has 1 aliphatic carbocycles. The van der Waals surface area contributed by atoms with Crippen LogP contribution in [-0.2, 0) is 4.79 Å². The molecular formula is C21H30ClFN5O2+. The summed E-state index contributed by atoms with van der Waals surface area (Å²) in [4.78, 5) is 27.8. The number of carbonyl (C=O) groups excluding carboxylic acids is 1. The molecular weight excluding hydrogens is 409 g/mol. The van der Waals surface area contributed by atoms with Gasteiger partial charge in [0.25, 0.3) is 18.2 Å². The van der Waals surface area contributed by atoms with E-state index < -0.39 is 23.9 Å². The first-order chi connectivity index (χ1) is 14.3. The van der Waals surface area contributed by atoms with Gasteiger partial charge in [0.1, 0.15) is 0 Å². The number of benzene rings is 1. The fraction of sp³-hybridized carbons (Fsp3) is 0.667. The van der Waals surface area contributed by atoms with E-state index in [-0.39, 0.29) is 31.3 Å². The van der Waals surface area contributed by atoms with Crippen LogP contribution < -0.4 is 16.4 Å². The highest BCUT2D eigenvalue weighted by Gasteiger charge is 2.52. The standard InChI is InChI=1S/C21H29ClFN5O2/c1-13-2-3-14(10-17(13)22)18-25-11-15(12-26-20(29)21(23)6-7-21)19(28(18)30)27-8-4-16(24)5-9-27/h2-3,10,15-16,18-19,25H,4-9,11-12,24H2,1H3/p+1. The molecule has 1 aromatic rings. The SMILES string of the molecule is Cc1ccc(C2NCC(CNC(=O)C3(F)CC3)C(N3CCC(N)CC3)[N+]2=O)cc1Cl. The molecule has 1 aromatic carbocycles. The van der Waals surface area contributed by atoms with E-state index in [1.54, 1.807) is 0 Å². The first kappa shape index (κ1) is 21.6. The smallest absolute Gasteiger partial charge is 0.282 e. The van der Waals surface area contributed by atoms with Crippen LogP contribution in [0.4, 0.5) is 4.39 Å². The maximum atomic E-state index is 14.0. The number of amides is 1. The topological polar surface area (TPSA) is 90.5 Å². The largest absolute Gasteiger partial charge is 0.353 e. The van der Waals surface area contributed by atoms with Gasteiger partial charge in [-0.3, -0.25) is 10.1 Å². The number of carbonyl (C=O) groups is 1. The molecule has 9 heteroatoms. The number of piperidine rings is 1. The van der Waals surface area contributed by atoms with Crippen molar-refractivity contribution in [2.24, 2.45) is 11.7 Å². The van der Waals surface area contributed by atoms with Gasteiger partial charge in [-0.25, -0.2) is 9.29 Å². The van der Waals surface area contributed by atoms with Crippen LogP contribution >= 0.6 is 11.6 Å². The third-order valence-corrected chi connectivity index (χ3v) is 7.00. The molecule has 1 saturated carbocycles. The summed E-state index contributed by atoms with van der Waals surface area (Å²) in [7, 11) is 0. The number of halogens is 2. The zero-order valence-electron chi connectivity index (χ0n) is 17.2. The normalized spacial score (nSPS) is 29.6. The maximum Gasteiger partial charge on any atom is 0.282 e. The Bertz CT molecular complexity index is 826. The average molecular weight is 439 g/mol. The fourth-order valence-electron chi connectivity index (χ4n) is 4.40. The third kappa shape index (κ3) is 4.37. The Morgan fingerprint density at radius 3 is 2.73 bits per heavy atom. The quantitative estimate of drug-likeness (QED) is 0.612. The molecule has 0 bridgehead atoms. The van der Waals surface area contributed by atoms with E-state index in [0.717, 1.165) is 41.8 Å². The predicted molar refractivity (Wildman–Crippen MR) is 113 cm³/mol. The van der Waals surface area contributed by atoms with Crippen LogP contribution in [0.25, 0.3) is 0 Å². The van der Waals surface area contributed by atoms with Crippen molar-refractivity contribution < 1.29 is 13.9 Å². The second kappa shape index (κ2) is 8.49.